The molecule has 0 aromatic carbocycles. The van der Waals surface area contributed by atoms with Crippen molar-refractivity contribution in [2.45, 2.75) is 18.9 Å². The van der Waals surface area contributed by atoms with Crippen LogP contribution in [0.15, 0.2) is 0 Å². The zero-order chi connectivity index (χ0) is 10.7. The number of carbonyl (C=O) groups is 3. The molecule has 0 unspecified atom stereocenters. The maximum Gasteiger partial charge on any atom is 0.312 e. The number of rotatable bonds is 1. The van der Waals surface area contributed by atoms with Crippen LogP contribution in [0.4, 0.5) is 0 Å². The highest BCUT2D eigenvalue weighted by Crippen LogP contribution is 2.16. The molecule has 1 aliphatic heterocycles. The first-order chi connectivity index (χ1) is 6.57. The molecule has 14 heavy (non-hydrogen) atoms. The van der Waals surface area contributed by atoms with Gasteiger partial charge in [0.15, 0.2) is 0 Å². The van der Waals surface area contributed by atoms with Gasteiger partial charge in [-0.05, 0) is 12.8 Å². The highest BCUT2D eigenvalue weighted by molar-refractivity contribution is 6.34. The lowest BCUT2D eigenvalue weighted by molar-refractivity contribution is -0.146. The Bertz CT molecular complexity index is 278. The Labute approximate surface area is 80.4 Å². The zero-order valence-corrected chi connectivity index (χ0v) is 7.53. The van der Waals surface area contributed by atoms with Crippen molar-refractivity contribution >= 4 is 17.7 Å². The van der Waals surface area contributed by atoms with E-state index < -0.39 is 23.8 Å². The van der Waals surface area contributed by atoms with E-state index in [0.29, 0.717) is 19.4 Å². The number of hydrogen-bond donors (Lipinski definition) is 3. The summed E-state index contributed by atoms with van der Waals surface area (Å²) in [6.45, 7) is 0.361. The largest absolute Gasteiger partial charge is 0.361 e. The molecule has 7 nitrogen and oxygen atoms in total. The number of likely N-dealkylation sites (tertiary alicyclic amines) is 1. The van der Waals surface area contributed by atoms with Crippen LogP contribution in [0.2, 0.25) is 0 Å². The number of carbonyl (C=O) groups excluding carboxylic acids is 3. The third kappa shape index (κ3) is 1.82. The van der Waals surface area contributed by atoms with Gasteiger partial charge in [-0.3, -0.25) is 19.8 Å². The van der Waals surface area contributed by atoms with Gasteiger partial charge < -0.3 is 10.6 Å². The molecule has 1 fully saturated rings. The number of hydrazine groups is 1. The second-order valence-electron chi connectivity index (χ2n) is 3.03. The van der Waals surface area contributed by atoms with Gasteiger partial charge in [0.2, 0.25) is 0 Å². The van der Waals surface area contributed by atoms with Crippen molar-refractivity contribution in [3.63, 3.8) is 0 Å². The molecule has 0 aromatic rings. The zero-order valence-electron chi connectivity index (χ0n) is 7.53. The molecule has 0 aromatic heterocycles. The van der Waals surface area contributed by atoms with Crippen molar-refractivity contribution in [1.82, 2.24) is 10.3 Å². The third-order valence-electron chi connectivity index (χ3n) is 2.17. The summed E-state index contributed by atoms with van der Waals surface area (Å²) in [6, 6.07) is -0.667. The second kappa shape index (κ2) is 4.05. The maximum absolute atomic E-state index is 11.2. The topological polar surface area (TPSA) is 119 Å². The minimum absolute atomic E-state index is 0.361. The van der Waals surface area contributed by atoms with E-state index in [4.69, 9.17) is 11.6 Å². The van der Waals surface area contributed by atoms with E-state index in [9.17, 15) is 14.4 Å². The molecule has 1 rings (SSSR count). The Morgan fingerprint density at radius 1 is 1.36 bits per heavy atom. The molecule has 1 heterocycles. The monoisotopic (exact) mass is 200 g/mol. The molecule has 0 bridgehead atoms. The first-order valence-corrected chi connectivity index (χ1v) is 4.18. The van der Waals surface area contributed by atoms with E-state index >= 15 is 0 Å². The van der Waals surface area contributed by atoms with Gasteiger partial charge in [-0.2, -0.15) is 0 Å². The van der Waals surface area contributed by atoms with Gasteiger partial charge in [0.1, 0.15) is 6.04 Å². The quantitative estimate of drug-likeness (QED) is 0.187. The fraction of sp³-hybridized carbons (Fsp3) is 0.571. The summed E-state index contributed by atoms with van der Waals surface area (Å²) in [5.74, 6) is 2.57. The van der Waals surface area contributed by atoms with E-state index in [1.807, 2.05) is 5.43 Å². The molecule has 1 aliphatic rings. The highest BCUT2D eigenvalue weighted by Gasteiger charge is 2.35. The molecule has 78 valence electrons. The number of nitrogens with one attached hydrogen (secondary N) is 1. The Kier molecular flexibility index (Phi) is 3.03. The summed E-state index contributed by atoms with van der Waals surface area (Å²) in [5.41, 5.74) is 6.77. The van der Waals surface area contributed by atoms with Gasteiger partial charge in [0, 0.05) is 6.54 Å². The van der Waals surface area contributed by atoms with E-state index in [1.165, 1.54) is 0 Å². The normalized spacial score (nSPS) is 20.6. The van der Waals surface area contributed by atoms with Gasteiger partial charge in [-0.15, -0.1) is 0 Å². The van der Waals surface area contributed by atoms with E-state index in [1.54, 1.807) is 0 Å². The molecule has 0 spiro atoms. The predicted molar refractivity (Wildman–Crippen MR) is 46.3 cm³/mol. The van der Waals surface area contributed by atoms with Crippen LogP contribution in [0.25, 0.3) is 0 Å². The minimum atomic E-state index is -1.05. The van der Waals surface area contributed by atoms with Crippen LogP contribution >= 0.6 is 0 Å². The van der Waals surface area contributed by atoms with Crippen LogP contribution < -0.4 is 17.0 Å². The van der Waals surface area contributed by atoms with Crippen LogP contribution in [-0.2, 0) is 14.4 Å². The molecule has 0 radical (unpaired) electrons. The van der Waals surface area contributed by atoms with Crippen molar-refractivity contribution < 1.29 is 14.4 Å². The van der Waals surface area contributed by atoms with Gasteiger partial charge in [0.05, 0.1) is 0 Å². The molecule has 0 aliphatic carbocycles. The van der Waals surface area contributed by atoms with Crippen LogP contribution in [0, 0.1) is 0 Å². The molecular weight excluding hydrogens is 188 g/mol. The number of nitrogens with two attached hydrogens (primary N) is 2. The molecule has 1 atom stereocenters. The summed E-state index contributed by atoms with van der Waals surface area (Å²) in [5, 5.41) is 0. The average molecular weight is 200 g/mol. The van der Waals surface area contributed by atoms with Crippen molar-refractivity contribution in [3.05, 3.63) is 0 Å². The Morgan fingerprint density at radius 2 is 2.00 bits per heavy atom. The SMILES string of the molecule is NNC(=O)[C@@H]1CCCN1C(=O)C(N)=O. The third-order valence-corrected chi connectivity index (χ3v) is 2.17. The lowest BCUT2D eigenvalue weighted by atomic mass is 10.2. The maximum atomic E-state index is 11.2. The number of nitrogens with zero attached hydrogens (tertiary/aromatic N) is 1. The summed E-state index contributed by atoms with van der Waals surface area (Å²) in [6.07, 6.45) is 1.17. The fourth-order valence-corrected chi connectivity index (χ4v) is 1.52. The molecule has 0 saturated carbocycles. The predicted octanol–water partition coefficient (Wildman–Crippen LogP) is -2.55. The number of amides is 3. The molecule has 3 amide bonds. The molecule has 1 saturated heterocycles. The summed E-state index contributed by atoms with van der Waals surface area (Å²) in [7, 11) is 0. The Balaban J connectivity index is 2.73. The van der Waals surface area contributed by atoms with Crippen molar-refractivity contribution in [2.75, 3.05) is 6.54 Å². The average Bonchev–Trinajstić information content (AvgIpc) is 2.63. The number of primary amides is 1. The van der Waals surface area contributed by atoms with Crippen LogP contribution in [0.3, 0.4) is 0 Å². The van der Waals surface area contributed by atoms with Crippen molar-refractivity contribution in [1.29, 1.82) is 0 Å². The minimum Gasteiger partial charge on any atom is -0.361 e. The summed E-state index contributed by atoms with van der Waals surface area (Å²) >= 11 is 0. The smallest absolute Gasteiger partial charge is 0.312 e. The van der Waals surface area contributed by atoms with Crippen LogP contribution in [0.5, 0.6) is 0 Å². The van der Waals surface area contributed by atoms with Gasteiger partial charge in [0.25, 0.3) is 5.91 Å². The van der Waals surface area contributed by atoms with Gasteiger partial charge in [-0.1, -0.05) is 0 Å². The van der Waals surface area contributed by atoms with E-state index in [0.717, 1.165) is 4.90 Å². The van der Waals surface area contributed by atoms with Crippen LogP contribution in [0.1, 0.15) is 12.8 Å². The molecule has 5 N–H and O–H groups in total. The Hall–Kier alpha value is -1.63. The van der Waals surface area contributed by atoms with Gasteiger partial charge >= 0.3 is 11.8 Å². The lowest BCUT2D eigenvalue weighted by Gasteiger charge is -2.21. The first-order valence-electron chi connectivity index (χ1n) is 4.18. The first kappa shape index (κ1) is 10.5. The second-order valence-corrected chi connectivity index (χ2v) is 3.03. The molecule has 7 heteroatoms. The summed E-state index contributed by atoms with van der Waals surface area (Å²) < 4.78 is 0. The highest BCUT2D eigenvalue weighted by atomic mass is 16.2. The number of hydrogen-bond acceptors (Lipinski definition) is 4. The fourth-order valence-electron chi connectivity index (χ4n) is 1.52. The lowest BCUT2D eigenvalue weighted by Crippen LogP contribution is -2.51. The molecular formula is C7H12N4O3. The van der Waals surface area contributed by atoms with Crippen molar-refractivity contribution in [3.8, 4) is 0 Å². The van der Waals surface area contributed by atoms with E-state index in [-0.39, 0.29) is 0 Å². The van der Waals surface area contributed by atoms with Gasteiger partial charge in [-0.25, -0.2) is 5.84 Å². The Morgan fingerprint density at radius 3 is 2.50 bits per heavy atom. The van der Waals surface area contributed by atoms with Crippen LogP contribution in [-0.4, -0.2) is 35.2 Å². The summed E-state index contributed by atoms with van der Waals surface area (Å²) in [4.78, 5) is 34.1. The van der Waals surface area contributed by atoms with E-state index in [2.05, 4.69) is 0 Å². The van der Waals surface area contributed by atoms with Crippen molar-refractivity contribution in [2.24, 2.45) is 11.6 Å². The standard InChI is InChI=1S/C7H12N4O3/c8-5(12)7(14)11-3-1-2-4(11)6(13)10-9/h4H,1-3,9H2,(H2,8,12)(H,10,13)/t4-/m0/s1.